The third kappa shape index (κ3) is 9.09. The van der Waals surface area contributed by atoms with Crippen LogP contribution >= 0.6 is 32.8 Å². The quantitative estimate of drug-likeness (QED) is 0.255. The molecule has 0 saturated carbocycles. The van der Waals surface area contributed by atoms with Crippen LogP contribution in [0.5, 0.6) is 0 Å². The molecule has 0 nitrogen and oxygen atoms in total. The molecule has 0 bridgehead atoms. The summed E-state index contributed by atoms with van der Waals surface area (Å²) in [6, 6.07) is 2.30. The standard InChI is InChI=1S/C12H20P2.C10H18P2.Fe/c1-11(2,3)9-7-8-13-10(14-9)12(4,5)6;1-9(2,3)7-11-8(12-7)10(4,5)6;/h7-8H,1-6H3;1-6H3;. The van der Waals surface area contributed by atoms with Gasteiger partial charge >= 0.3 is 0 Å². The third-order valence-electron chi connectivity index (χ3n) is 3.86. The Kier molecular flexibility index (Phi) is 10.2. The van der Waals surface area contributed by atoms with E-state index in [1.165, 1.54) is 32.8 Å². The van der Waals surface area contributed by atoms with E-state index in [9.17, 15) is 0 Å². The Balaban J connectivity index is 0.000000488. The molecule has 0 radical (unpaired) electrons. The van der Waals surface area contributed by atoms with Crippen LogP contribution in [0, 0.1) is 10.8 Å². The molecule has 0 fully saturated rings. The molecule has 0 atom stereocenters. The van der Waals surface area contributed by atoms with Crippen molar-refractivity contribution in [2.75, 3.05) is 0 Å². The van der Waals surface area contributed by atoms with Crippen LogP contribution in [0.15, 0.2) is 11.9 Å². The molecule has 0 saturated heterocycles. The molecule has 1 aromatic heterocycles. The van der Waals surface area contributed by atoms with Crippen molar-refractivity contribution in [1.82, 2.24) is 0 Å². The average Bonchev–Trinajstić information content (AvgIpc) is 2.32. The van der Waals surface area contributed by atoms with Gasteiger partial charge in [0, 0.05) is 32.2 Å². The number of rotatable bonds is 0. The number of hydrogen-bond acceptors (Lipinski definition) is 0. The first-order chi connectivity index (χ1) is 11.4. The monoisotopic (exact) mass is 482 g/mol. The van der Waals surface area contributed by atoms with E-state index in [0.717, 1.165) is 0 Å². The maximum Gasteiger partial charge on any atom is 0.0132 e. The summed E-state index contributed by atoms with van der Waals surface area (Å²) in [5.41, 5.74) is 1.48. The summed E-state index contributed by atoms with van der Waals surface area (Å²) in [6.07, 6.45) is 0. The summed E-state index contributed by atoms with van der Waals surface area (Å²) in [5.74, 6) is 2.29. The zero-order chi connectivity index (χ0) is 20.6. The molecule has 1 aliphatic rings. The molecule has 1 aromatic rings. The maximum absolute atomic E-state index is 2.31. The van der Waals surface area contributed by atoms with Crippen LogP contribution < -0.4 is 0 Å². The fourth-order valence-electron chi connectivity index (χ4n) is 2.01. The summed E-state index contributed by atoms with van der Waals surface area (Å²) in [4.78, 5) is 0. The molecule has 0 spiro atoms. The van der Waals surface area contributed by atoms with E-state index >= 15 is 0 Å². The van der Waals surface area contributed by atoms with E-state index in [1.54, 1.807) is 20.4 Å². The van der Waals surface area contributed by atoms with Gasteiger partial charge in [-0.25, -0.2) is 0 Å². The molecular weight excluding hydrogens is 444 g/mol. The molecule has 2 heterocycles. The van der Waals surface area contributed by atoms with Crippen LogP contribution in [0.25, 0.3) is 0 Å². The van der Waals surface area contributed by atoms with Crippen LogP contribution in [0.1, 0.15) is 93.4 Å². The van der Waals surface area contributed by atoms with Crippen LogP contribution in [0.4, 0.5) is 0 Å². The van der Waals surface area contributed by atoms with Crippen LogP contribution in [0.2, 0.25) is 0 Å². The first-order valence-electron chi connectivity index (χ1n) is 9.45. The van der Waals surface area contributed by atoms with Crippen molar-refractivity contribution in [1.29, 1.82) is 0 Å². The maximum atomic E-state index is 2.31. The molecule has 5 heteroatoms. The van der Waals surface area contributed by atoms with Crippen molar-refractivity contribution in [3.8, 4) is 0 Å². The smallest absolute Gasteiger partial charge is 0.0132 e. The minimum atomic E-state index is 0. The van der Waals surface area contributed by atoms with Crippen molar-refractivity contribution in [3.63, 3.8) is 0 Å². The van der Waals surface area contributed by atoms with E-state index in [-0.39, 0.29) is 17.1 Å². The van der Waals surface area contributed by atoms with Crippen LogP contribution in [0.3, 0.4) is 0 Å². The van der Waals surface area contributed by atoms with Crippen molar-refractivity contribution >= 4 is 42.9 Å². The molecule has 154 valence electrons. The first-order valence-corrected chi connectivity index (χ1v) is 13.1. The van der Waals surface area contributed by atoms with E-state index in [4.69, 9.17) is 0 Å². The Hall–Kier alpha value is 0.939. The summed E-state index contributed by atoms with van der Waals surface area (Å²) in [7, 11) is 5.89. The minimum Gasteiger partial charge on any atom is -0.0673 e. The topological polar surface area (TPSA) is 0 Å². The summed E-state index contributed by atoms with van der Waals surface area (Å²) < 4.78 is 0. The normalized spacial score (nSPS) is 16.6. The number of hydrogen-bond donors (Lipinski definition) is 0. The molecular formula is C22H38FeP4. The minimum absolute atomic E-state index is 0. The van der Waals surface area contributed by atoms with Gasteiger partial charge in [-0.05, 0) is 38.8 Å². The second-order valence-electron chi connectivity index (χ2n) is 11.1. The Morgan fingerprint density at radius 1 is 0.593 bits per heavy atom. The third-order valence-corrected chi connectivity index (χ3v) is 12.4. The Morgan fingerprint density at radius 2 is 1.00 bits per heavy atom. The molecule has 1 aliphatic heterocycles. The predicted octanol–water partition coefficient (Wildman–Crippen LogP) is 9.68. The Morgan fingerprint density at radius 3 is 1.30 bits per heavy atom. The molecule has 0 aliphatic carbocycles. The fraction of sp³-hybridized carbons (Fsp3) is 0.727. The van der Waals surface area contributed by atoms with Gasteiger partial charge < -0.3 is 0 Å². The van der Waals surface area contributed by atoms with Gasteiger partial charge in [-0.2, -0.15) is 0 Å². The van der Waals surface area contributed by atoms with Gasteiger partial charge in [-0.15, -0.1) is 0 Å². The Bertz CT molecular complexity index is 628. The molecule has 27 heavy (non-hydrogen) atoms. The zero-order valence-corrected chi connectivity index (χ0v) is 24.0. The zero-order valence-electron chi connectivity index (χ0n) is 19.3. The second-order valence-corrected chi connectivity index (χ2v) is 16.6. The van der Waals surface area contributed by atoms with E-state index < -0.39 is 0 Å². The van der Waals surface area contributed by atoms with Gasteiger partial charge in [0.05, 0.1) is 0 Å². The van der Waals surface area contributed by atoms with Crippen LogP contribution in [-0.2, 0) is 27.9 Å². The van der Waals surface area contributed by atoms with E-state index in [1.807, 2.05) is 0 Å². The van der Waals surface area contributed by atoms with Crippen molar-refractivity contribution < 1.29 is 17.1 Å². The van der Waals surface area contributed by atoms with Gasteiger partial charge in [0.2, 0.25) is 0 Å². The first kappa shape index (κ1) is 27.9. The van der Waals surface area contributed by atoms with E-state index in [2.05, 4.69) is 94.9 Å². The molecule has 0 aromatic carbocycles. The van der Waals surface area contributed by atoms with Gasteiger partial charge in [0.1, 0.15) is 0 Å². The van der Waals surface area contributed by atoms with Crippen molar-refractivity contribution in [3.05, 3.63) is 22.2 Å². The van der Waals surface area contributed by atoms with Gasteiger partial charge in [-0.1, -0.05) is 116 Å². The van der Waals surface area contributed by atoms with E-state index in [0.29, 0.717) is 21.7 Å². The molecule has 0 amide bonds. The van der Waals surface area contributed by atoms with Gasteiger partial charge in [0.15, 0.2) is 0 Å². The summed E-state index contributed by atoms with van der Waals surface area (Å²) in [5, 5.41) is 6.51. The fourth-order valence-corrected chi connectivity index (χ4v) is 7.34. The molecule has 0 unspecified atom stereocenters. The SMILES string of the molecule is CC(C)(C)C1=PC(C(C)(C)C)=P1.CC(C)(C)c1ccpc(C(C)(C)C)p1.[Fe]. The summed E-state index contributed by atoms with van der Waals surface area (Å²) >= 11 is 0. The second kappa shape index (κ2) is 9.83. The van der Waals surface area contributed by atoms with Gasteiger partial charge in [0.25, 0.3) is 0 Å². The largest absolute Gasteiger partial charge is 0.0673 e. The molecule has 2 rings (SSSR count). The molecule has 0 N–H and O–H groups in total. The van der Waals surface area contributed by atoms with Gasteiger partial charge in [-0.3, -0.25) is 0 Å². The Labute approximate surface area is 186 Å². The predicted molar refractivity (Wildman–Crippen MR) is 132 cm³/mol. The average molecular weight is 482 g/mol. The summed E-state index contributed by atoms with van der Waals surface area (Å²) in [6.45, 7) is 27.6. The van der Waals surface area contributed by atoms with Crippen LogP contribution in [-0.4, -0.2) is 10.1 Å². The van der Waals surface area contributed by atoms with Crippen molar-refractivity contribution in [2.24, 2.45) is 10.8 Å². The van der Waals surface area contributed by atoms with Crippen molar-refractivity contribution in [2.45, 2.75) is 93.9 Å².